The largest absolute Gasteiger partial charge is 0.394 e. The van der Waals surface area contributed by atoms with Gasteiger partial charge in [0.25, 0.3) is 5.91 Å². The molecule has 0 bridgehead atoms. The van der Waals surface area contributed by atoms with Gasteiger partial charge in [-0.1, -0.05) is 91.0 Å². The maximum atomic E-state index is 13.3. The summed E-state index contributed by atoms with van der Waals surface area (Å²) in [6, 6.07) is 30.0. The molecule has 1 aliphatic heterocycles. The van der Waals surface area contributed by atoms with Crippen LogP contribution < -0.4 is 10.6 Å². The predicted molar refractivity (Wildman–Crippen MR) is 164 cm³/mol. The average molecular weight is 595 g/mol. The standard InChI is InChI=1S/C33H34N6O5/c40-19-25-27(41)28(42)33(44-25)39-20-36-26-29(35-18-24(22-12-6-2-7-13-22)23-14-8-3-9-15-23)37-30(38-31(26)39)32(43)34-17-16-21-10-4-1-5-11-21/h1-15,20,24-25,27-28,33,40-42H,16-19H2,(H,34,43)(H,35,37,38)/t25-,27-,28+,33-/m1/s1. The van der Waals surface area contributed by atoms with Crippen LogP contribution in [-0.2, 0) is 11.2 Å². The van der Waals surface area contributed by atoms with Gasteiger partial charge in [-0.25, -0.2) is 15.0 Å². The lowest BCUT2D eigenvalue weighted by Crippen LogP contribution is -2.33. The molecule has 0 unspecified atom stereocenters. The number of hydrogen-bond donors (Lipinski definition) is 5. The molecule has 1 saturated heterocycles. The van der Waals surface area contributed by atoms with E-state index in [4.69, 9.17) is 4.74 Å². The van der Waals surface area contributed by atoms with Crippen molar-refractivity contribution in [2.24, 2.45) is 0 Å². The van der Waals surface area contributed by atoms with Gasteiger partial charge in [0, 0.05) is 19.0 Å². The lowest BCUT2D eigenvalue weighted by Gasteiger charge is -2.20. The number of nitrogens with one attached hydrogen (secondary N) is 2. The van der Waals surface area contributed by atoms with Gasteiger partial charge in [0.05, 0.1) is 12.9 Å². The summed E-state index contributed by atoms with van der Waals surface area (Å²) in [5.74, 6) is -0.251. The highest BCUT2D eigenvalue weighted by Crippen LogP contribution is 2.33. The van der Waals surface area contributed by atoms with Crippen LogP contribution in [0.1, 0.15) is 39.5 Å². The monoisotopic (exact) mass is 594 g/mol. The Labute approximate surface area is 254 Å². The Balaban J connectivity index is 1.33. The summed E-state index contributed by atoms with van der Waals surface area (Å²) in [5, 5.41) is 37.0. The number of nitrogens with zero attached hydrogens (tertiary/aromatic N) is 4. The minimum atomic E-state index is -1.35. The van der Waals surface area contributed by atoms with Gasteiger partial charge in [-0.05, 0) is 23.1 Å². The number of carbonyl (C=O) groups is 1. The minimum absolute atomic E-state index is 0.0342. The van der Waals surface area contributed by atoms with E-state index in [0.717, 1.165) is 16.7 Å². The molecule has 0 spiro atoms. The van der Waals surface area contributed by atoms with Crippen molar-refractivity contribution >= 4 is 22.9 Å². The molecule has 5 aromatic rings. The van der Waals surface area contributed by atoms with E-state index in [2.05, 4.69) is 49.9 Å². The lowest BCUT2D eigenvalue weighted by atomic mass is 9.91. The first-order chi connectivity index (χ1) is 21.5. The van der Waals surface area contributed by atoms with Crippen molar-refractivity contribution in [3.63, 3.8) is 0 Å². The number of ether oxygens (including phenoxy) is 1. The van der Waals surface area contributed by atoms with Gasteiger partial charge >= 0.3 is 0 Å². The number of aromatic nitrogens is 4. The number of aliphatic hydroxyl groups is 3. The summed E-state index contributed by atoms with van der Waals surface area (Å²) in [6.07, 6.45) is -2.65. The molecule has 4 atom stereocenters. The van der Waals surface area contributed by atoms with Gasteiger partial charge in [-0.2, -0.15) is 0 Å². The molecule has 226 valence electrons. The number of amides is 1. The van der Waals surface area contributed by atoms with E-state index in [1.165, 1.54) is 10.9 Å². The summed E-state index contributed by atoms with van der Waals surface area (Å²) >= 11 is 0. The van der Waals surface area contributed by atoms with Crippen molar-refractivity contribution in [3.05, 3.63) is 120 Å². The van der Waals surface area contributed by atoms with Crippen molar-refractivity contribution in [1.29, 1.82) is 0 Å². The van der Waals surface area contributed by atoms with E-state index in [9.17, 15) is 20.1 Å². The zero-order valence-corrected chi connectivity index (χ0v) is 23.9. The summed E-state index contributed by atoms with van der Waals surface area (Å²) in [4.78, 5) is 27.0. The Hall–Kier alpha value is -4.68. The second-order valence-corrected chi connectivity index (χ2v) is 10.7. The number of imidazole rings is 1. The Morgan fingerprint density at radius 1 is 0.886 bits per heavy atom. The fourth-order valence-electron chi connectivity index (χ4n) is 5.48. The second-order valence-electron chi connectivity index (χ2n) is 10.7. The molecule has 0 saturated carbocycles. The second kappa shape index (κ2) is 13.3. The number of fused-ring (bicyclic) bond motifs is 1. The third kappa shape index (κ3) is 6.17. The van der Waals surface area contributed by atoms with E-state index >= 15 is 0 Å². The number of aliphatic hydroxyl groups excluding tert-OH is 3. The van der Waals surface area contributed by atoms with Crippen LogP contribution in [0.25, 0.3) is 11.2 Å². The minimum Gasteiger partial charge on any atom is -0.394 e. The molecular weight excluding hydrogens is 560 g/mol. The number of rotatable bonds is 11. The van der Waals surface area contributed by atoms with Crippen LogP contribution in [0.5, 0.6) is 0 Å². The Morgan fingerprint density at radius 3 is 2.14 bits per heavy atom. The van der Waals surface area contributed by atoms with Gasteiger partial charge in [0.2, 0.25) is 5.82 Å². The molecule has 3 aromatic carbocycles. The number of carbonyl (C=O) groups excluding carboxylic acids is 1. The highest BCUT2D eigenvalue weighted by atomic mass is 16.6. The molecule has 1 fully saturated rings. The van der Waals surface area contributed by atoms with Crippen LogP contribution in [0.3, 0.4) is 0 Å². The predicted octanol–water partition coefficient (Wildman–Crippen LogP) is 2.65. The number of anilines is 1. The van der Waals surface area contributed by atoms with Crippen LogP contribution in [0, 0.1) is 0 Å². The topological polar surface area (TPSA) is 155 Å². The first-order valence-corrected chi connectivity index (χ1v) is 14.6. The van der Waals surface area contributed by atoms with E-state index in [1.54, 1.807) is 0 Å². The van der Waals surface area contributed by atoms with E-state index in [1.807, 2.05) is 66.7 Å². The summed E-state index contributed by atoms with van der Waals surface area (Å²) in [6.45, 7) is 0.347. The van der Waals surface area contributed by atoms with Crippen molar-refractivity contribution in [3.8, 4) is 0 Å². The fourth-order valence-corrected chi connectivity index (χ4v) is 5.48. The molecule has 0 radical (unpaired) electrons. The van der Waals surface area contributed by atoms with Crippen LogP contribution in [0.4, 0.5) is 5.82 Å². The average Bonchev–Trinajstić information content (AvgIpc) is 3.62. The quantitative estimate of drug-likeness (QED) is 0.155. The SMILES string of the molecule is O=C(NCCc1ccccc1)c1nc(NCC(c2ccccc2)c2ccccc2)c2ncn([C@@H]3O[C@H](CO)[C@@H](O)[C@@H]3O)c2n1. The molecule has 6 rings (SSSR count). The van der Waals surface area contributed by atoms with Crippen LogP contribution in [0.2, 0.25) is 0 Å². The van der Waals surface area contributed by atoms with E-state index in [0.29, 0.717) is 30.8 Å². The normalized spacial score (nSPS) is 19.8. The summed E-state index contributed by atoms with van der Waals surface area (Å²) in [5.41, 5.74) is 3.90. The molecule has 1 aliphatic rings. The van der Waals surface area contributed by atoms with Crippen molar-refractivity contribution in [1.82, 2.24) is 24.8 Å². The molecule has 44 heavy (non-hydrogen) atoms. The third-order valence-corrected chi connectivity index (χ3v) is 7.84. The molecule has 2 aromatic heterocycles. The van der Waals surface area contributed by atoms with Gasteiger partial charge in [-0.3, -0.25) is 9.36 Å². The molecule has 3 heterocycles. The van der Waals surface area contributed by atoms with Crippen molar-refractivity contribution in [2.45, 2.75) is 36.9 Å². The highest BCUT2D eigenvalue weighted by molar-refractivity contribution is 5.94. The van der Waals surface area contributed by atoms with E-state index < -0.39 is 37.1 Å². The molecule has 11 nitrogen and oxygen atoms in total. The van der Waals surface area contributed by atoms with Crippen LogP contribution >= 0.6 is 0 Å². The van der Waals surface area contributed by atoms with Crippen molar-refractivity contribution < 1.29 is 24.9 Å². The molecule has 11 heteroatoms. The zero-order chi connectivity index (χ0) is 30.5. The maximum absolute atomic E-state index is 13.3. The zero-order valence-electron chi connectivity index (χ0n) is 23.9. The van der Waals surface area contributed by atoms with Gasteiger partial charge in [0.15, 0.2) is 23.2 Å². The smallest absolute Gasteiger partial charge is 0.289 e. The Morgan fingerprint density at radius 2 is 1.52 bits per heavy atom. The number of benzene rings is 3. The molecule has 0 aliphatic carbocycles. The van der Waals surface area contributed by atoms with Gasteiger partial charge in [-0.15, -0.1) is 0 Å². The summed E-state index contributed by atoms with van der Waals surface area (Å²) < 4.78 is 7.20. The third-order valence-electron chi connectivity index (χ3n) is 7.84. The maximum Gasteiger partial charge on any atom is 0.289 e. The molecular formula is C33H34N6O5. The molecule has 5 N–H and O–H groups in total. The van der Waals surface area contributed by atoms with Gasteiger partial charge < -0.3 is 30.7 Å². The fraction of sp³-hybridized carbons (Fsp3) is 0.273. The first-order valence-electron chi connectivity index (χ1n) is 14.6. The highest BCUT2D eigenvalue weighted by Gasteiger charge is 2.44. The van der Waals surface area contributed by atoms with E-state index in [-0.39, 0.29) is 17.4 Å². The van der Waals surface area contributed by atoms with Gasteiger partial charge in [0.1, 0.15) is 18.3 Å². The lowest BCUT2D eigenvalue weighted by molar-refractivity contribution is -0.0511. The summed E-state index contributed by atoms with van der Waals surface area (Å²) in [7, 11) is 0. The van der Waals surface area contributed by atoms with Crippen molar-refractivity contribution in [2.75, 3.05) is 25.0 Å². The van der Waals surface area contributed by atoms with Crippen LogP contribution in [0.15, 0.2) is 97.3 Å². The van der Waals surface area contributed by atoms with Crippen LogP contribution in [-0.4, -0.2) is 78.8 Å². The Bertz CT molecular complexity index is 1650. The number of hydrogen-bond acceptors (Lipinski definition) is 9. The Kier molecular flexibility index (Phi) is 8.89. The molecule has 1 amide bonds. The first kappa shape index (κ1) is 29.4.